The van der Waals surface area contributed by atoms with E-state index in [1.54, 1.807) is 11.0 Å². The van der Waals surface area contributed by atoms with Gasteiger partial charge in [-0.2, -0.15) is 0 Å². The Morgan fingerprint density at radius 2 is 2.15 bits per heavy atom. The van der Waals surface area contributed by atoms with E-state index >= 15 is 0 Å². The van der Waals surface area contributed by atoms with Crippen molar-refractivity contribution in [3.63, 3.8) is 0 Å². The van der Waals surface area contributed by atoms with Crippen molar-refractivity contribution in [2.75, 3.05) is 0 Å². The third-order valence-electron chi connectivity index (χ3n) is 2.03. The van der Waals surface area contributed by atoms with Crippen LogP contribution in [0.3, 0.4) is 0 Å². The zero-order valence-corrected chi connectivity index (χ0v) is 8.60. The van der Waals surface area contributed by atoms with Crippen LogP contribution < -0.4 is 5.56 Å². The zero-order valence-electron chi connectivity index (χ0n) is 7.79. The summed E-state index contributed by atoms with van der Waals surface area (Å²) < 4.78 is 1.62. The van der Waals surface area contributed by atoms with Gasteiger partial charge in [0.2, 0.25) is 0 Å². The van der Waals surface area contributed by atoms with Crippen LogP contribution in [0.25, 0.3) is 10.2 Å². The largest absolute Gasteiger partial charge is 0.270 e. The Morgan fingerprint density at radius 1 is 1.46 bits per heavy atom. The van der Waals surface area contributed by atoms with Crippen LogP contribution in [0.1, 0.15) is 11.3 Å². The third kappa shape index (κ3) is 1.18. The second kappa shape index (κ2) is 2.67. The van der Waals surface area contributed by atoms with Gasteiger partial charge in [0.25, 0.3) is 5.56 Å². The standard InChI is InChI=1S/C9H10N2OS/c1-5-4-6(2)10-8-7(5)9(12)11(3)13-8/h4H,1-3H3. The van der Waals surface area contributed by atoms with Crippen LogP contribution in [0.5, 0.6) is 0 Å². The van der Waals surface area contributed by atoms with E-state index < -0.39 is 0 Å². The summed E-state index contributed by atoms with van der Waals surface area (Å²) in [5.74, 6) is 0. The van der Waals surface area contributed by atoms with Crippen molar-refractivity contribution in [1.29, 1.82) is 0 Å². The number of pyridine rings is 1. The van der Waals surface area contributed by atoms with E-state index in [1.165, 1.54) is 11.5 Å². The van der Waals surface area contributed by atoms with Crippen LogP contribution in [0, 0.1) is 13.8 Å². The molecule has 0 aliphatic rings. The molecule has 2 rings (SSSR count). The number of nitrogens with zero attached hydrogens (tertiary/aromatic N) is 2. The summed E-state index contributed by atoms with van der Waals surface area (Å²) >= 11 is 1.40. The van der Waals surface area contributed by atoms with Crippen molar-refractivity contribution in [3.05, 3.63) is 27.7 Å². The van der Waals surface area contributed by atoms with Crippen molar-refractivity contribution in [2.24, 2.45) is 7.05 Å². The highest BCUT2D eigenvalue weighted by Gasteiger charge is 2.08. The average Bonchev–Trinajstić information content (AvgIpc) is 2.27. The van der Waals surface area contributed by atoms with Gasteiger partial charge in [-0.3, -0.25) is 8.75 Å². The Kier molecular flexibility index (Phi) is 1.73. The van der Waals surface area contributed by atoms with E-state index in [4.69, 9.17) is 0 Å². The molecule has 4 heteroatoms. The van der Waals surface area contributed by atoms with Crippen LogP contribution in [-0.4, -0.2) is 8.94 Å². The molecule has 0 saturated carbocycles. The summed E-state index contributed by atoms with van der Waals surface area (Å²) in [4.78, 5) is 16.7. The van der Waals surface area contributed by atoms with Crippen molar-refractivity contribution in [3.8, 4) is 0 Å². The van der Waals surface area contributed by atoms with Crippen molar-refractivity contribution >= 4 is 21.7 Å². The molecule has 0 aliphatic heterocycles. The molecule has 13 heavy (non-hydrogen) atoms. The lowest BCUT2D eigenvalue weighted by Crippen LogP contribution is -2.08. The summed E-state index contributed by atoms with van der Waals surface area (Å²) in [7, 11) is 1.77. The summed E-state index contributed by atoms with van der Waals surface area (Å²) in [5.41, 5.74) is 2.04. The first-order valence-corrected chi connectivity index (χ1v) is 4.81. The van der Waals surface area contributed by atoms with E-state index in [0.717, 1.165) is 21.5 Å². The number of aromatic nitrogens is 2. The maximum Gasteiger partial charge on any atom is 0.270 e. The molecule has 3 nitrogen and oxygen atoms in total. The quantitative estimate of drug-likeness (QED) is 0.638. The summed E-state index contributed by atoms with van der Waals surface area (Å²) in [6, 6.07) is 1.94. The molecule has 2 aromatic rings. The van der Waals surface area contributed by atoms with E-state index in [1.807, 2.05) is 19.9 Å². The van der Waals surface area contributed by atoms with Gasteiger partial charge in [-0.1, -0.05) is 0 Å². The van der Waals surface area contributed by atoms with Gasteiger partial charge < -0.3 is 0 Å². The Bertz CT molecular complexity index is 524. The Morgan fingerprint density at radius 3 is 2.85 bits per heavy atom. The summed E-state index contributed by atoms with van der Waals surface area (Å²) in [6.45, 7) is 3.89. The topological polar surface area (TPSA) is 34.9 Å². The van der Waals surface area contributed by atoms with Crippen molar-refractivity contribution in [1.82, 2.24) is 8.94 Å². The van der Waals surface area contributed by atoms with Crippen molar-refractivity contribution < 1.29 is 0 Å². The first-order valence-electron chi connectivity index (χ1n) is 4.04. The van der Waals surface area contributed by atoms with Crippen molar-refractivity contribution in [2.45, 2.75) is 13.8 Å². The highest BCUT2D eigenvalue weighted by Crippen LogP contribution is 2.17. The van der Waals surface area contributed by atoms with Gasteiger partial charge in [-0.15, -0.1) is 0 Å². The SMILES string of the molecule is Cc1cc(C)c2c(=O)n(C)sc2n1. The van der Waals surface area contributed by atoms with Crippen LogP contribution in [0.2, 0.25) is 0 Å². The fourth-order valence-corrected chi connectivity index (χ4v) is 2.42. The number of aryl methyl sites for hydroxylation is 3. The number of fused-ring (bicyclic) bond motifs is 1. The minimum absolute atomic E-state index is 0.0602. The molecular formula is C9H10N2OS. The Hall–Kier alpha value is -1.16. The first-order chi connectivity index (χ1) is 6.09. The van der Waals surface area contributed by atoms with Gasteiger partial charge in [0.05, 0.1) is 5.39 Å². The molecule has 0 radical (unpaired) electrons. The second-order valence-electron chi connectivity index (χ2n) is 3.15. The lowest BCUT2D eigenvalue weighted by molar-refractivity contribution is 0.988. The molecule has 2 aromatic heterocycles. The van der Waals surface area contributed by atoms with Crippen LogP contribution in [-0.2, 0) is 7.05 Å². The minimum atomic E-state index is 0.0602. The van der Waals surface area contributed by atoms with E-state index in [-0.39, 0.29) is 5.56 Å². The molecule has 0 amide bonds. The predicted molar refractivity (Wildman–Crippen MR) is 54.3 cm³/mol. The van der Waals surface area contributed by atoms with Gasteiger partial charge in [0.15, 0.2) is 0 Å². The van der Waals surface area contributed by atoms with Gasteiger partial charge in [0.1, 0.15) is 4.83 Å². The smallest absolute Gasteiger partial charge is 0.268 e. The van der Waals surface area contributed by atoms with Crippen LogP contribution >= 0.6 is 11.5 Å². The van der Waals surface area contributed by atoms with Crippen LogP contribution in [0.4, 0.5) is 0 Å². The fourth-order valence-electron chi connectivity index (χ4n) is 1.46. The van der Waals surface area contributed by atoms with E-state index in [0.29, 0.717) is 0 Å². The highest BCUT2D eigenvalue weighted by atomic mass is 32.1. The lowest BCUT2D eigenvalue weighted by atomic mass is 10.2. The minimum Gasteiger partial charge on any atom is -0.268 e. The molecule has 0 spiro atoms. The fraction of sp³-hybridized carbons (Fsp3) is 0.333. The molecule has 0 N–H and O–H groups in total. The van der Waals surface area contributed by atoms with Gasteiger partial charge in [0, 0.05) is 12.7 Å². The molecule has 0 atom stereocenters. The van der Waals surface area contributed by atoms with Gasteiger partial charge >= 0.3 is 0 Å². The van der Waals surface area contributed by atoms with Gasteiger partial charge in [-0.25, -0.2) is 4.98 Å². The normalized spacial score (nSPS) is 11.0. The Labute approximate surface area is 79.8 Å². The molecule has 0 bridgehead atoms. The molecule has 0 aliphatic carbocycles. The van der Waals surface area contributed by atoms with E-state index in [2.05, 4.69) is 4.98 Å². The summed E-state index contributed by atoms with van der Waals surface area (Å²) in [6.07, 6.45) is 0. The molecule has 0 unspecified atom stereocenters. The maximum atomic E-state index is 11.6. The number of hydrogen-bond donors (Lipinski definition) is 0. The third-order valence-corrected chi connectivity index (χ3v) is 2.94. The Balaban J connectivity index is 3.03. The monoisotopic (exact) mass is 194 g/mol. The molecule has 2 heterocycles. The predicted octanol–water partition coefficient (Wildman–Crippen LogP) is 1.61. The number of rotatable bonds is 0. The van der Waals surface area contributed by atoms with E-state index in [9.17, 15) is 4.79 Å². The maximum absolute atomic E-state index is 11.6. The zero-order chi connectivity index (χ0) is 9.59. The average molecular weight is 194 g/mol. The lowest BCUT2D eigenvalue weighted by Gasteiger charge is -1.94. The number of hydrogen-bond acceptors (Lipinski definition) is 3. The molecule has 68 valence electrons. The molecule has 0 fully saturated rings. The van der Waals surface area contributed by atoms with Gasteiger partial charge in [-0.05, 0) is 37.0 Å². The first kappa shape index (κ1) is 8.44. The molecule has 0 saturated heterocycles. The highest BCUT2D eigenvalue weighted by molar-refractivity contribution is 7.13. The molecule has 0 aromatic carbocycles. The second-order valence-corrected chi connectivity index (χ2v) is 4.27. The van der Waals surface area contributed by atoms with Crippen LogP contribution in [0.15, 0.2) is 10.9 Å². The summed E-state index contributed by atoms with van der Waals surface area (Å²) in [5, 5.41) is 0.762. The molecular weight excluding hydrogens is 184 g/mol.